The Bertz CT molecular complexity index is 752. The number of anilines is 4. The first kappa shape index (κ1) is 19.8. The molecule has 2 fully saturated rings. The van der Waals surface area contributed by atoms with E-state index in [0.717, 1.165) is 18.5 Å². The molecule has 9 N–H and O–H groups in total. The summed E-state index contributed by atoms with van der Waals surface area (Å²) in [6.07, 6.45) is 1.58. The van der Waals surface area contributed by atoms with E-state index in [0.29, 0.717) is 44.0 Å². The van der Waals surface area contributed by atoms with Gasteiger partial charge in [-0.1, -0.05) is 18.2 Å². The Morgan fingerprint density at radius 3 is 1.59 bits per heavy atom. The summed E-state index contributed by atoms with van der Waals surface area (Å²) >= 11 is 0. The van der Waals surface area contributed by atoms with E-state index in [4.69, 9.17) is 27.9 Å². The Balaban J connectivity index is 1.67. The van der Waals surface area contributed by atoms with Gasteiger partial charge in [0.25, 0.3) is 0 Å². The number of hydrogen-bond donors (Lipinski definition) is 5. The van der Waals surface area contributed by atoms with E-state index >= 15 is 0 Å². The summed E-state index contributed by atoms with van der Waals surface area (Å²) in [5.74, 6) is 1.59. The van der Waals surface area contributed by atoms with Crippen molar-refractivity contribution in [1.82, 2.24) is 15.0 Å². The lowest BCUT2D eigenvalue weighted by molar-refractivity contribution is 0.441. The molecule has 2 aliphatic rings. The minimum absolute atomic E-state index is 0.0127. The van der Waals surface area contributed by atoms with Crippen LogP contribution < -0.4 is 38.1 Å². The zero-order valence-corrected chi connectivity index (χ0v) is 16.5. The molecule has 0 amide bonds. The van der Waals surface area contributed by atoms with E-state index in [1.807, 2.05) is 40.1 Å². The molecule has 2 saturated heterocycles. The fourth-order valence-electron chi connectivity index (χ4n) is 4.03. The second kappa shape index (κ2) is 8.46. The van der Waals surface area contributed by atoms with Crippen LogP contribution in [0.1, 0.15) is 12.8 Å². The van der Waals surface area contributed by atoms with Crippen molar-refractivity contribution in [3.63, 3.8) is 0 Å². The molecule has 10 heteroatoms. The minimum Gasteiger partial charge on any atom is -0.338 e. The highest BCUT2D eigenvalue weighted by Crippen LogP contribution is 2.23. The number of hydrogen-bond acceptors (Lipinski definition) is 10. The molecule has 1 aromatic carbocycles. The topological polar surface area (TPSA) is 161 Å². The summed E-state index contributed by atoms with van der Waals surface area (Å²) in [6, 6.07) is 9.74. The van der Waals surface area contributed by atoms with Gasteiger partial charge in [-0.25, -0.2) is 0 Å². The average Bonchev–Trinajstić information content (AvgIpc) is 2.67. The maximum atomic E-state index is 6.18. The first-order chi connectivity index (χ1) is 14.0. The van der Waals surface area contributed by atoms with Crippen molar-refractivity contribution < 1.29 is 0 Å². The molecule has 4 atom stereocenters. The number of aromatic nitrogens is 3. The summed E-state index contributed by atoms with van der Waals surface area (Å²) in [6.45, 7) is 2.61. The van der Waals surface area contributed by atoms with E-state index in [2.05, 4.69) is 15.3 Å². The molecule has 3 heterocycles. The van der Waals surface area contributed by atoms with E-state index in [1.54, 1.807) is 0 Å². The van der Waals surface area contributed by atoms with Crippen molar-refractivity contribution in [1.29, 1.82) is 0 Å². The molecule has 156 valence electrons. The second-order valence-electron chi connectivity index (χ2n) is 8.07. The van der Waals surface area contributed by atoms with Gasteiger partial charge in [0.2, 0.25) is 17.8 Å². The minimum atomic E-state index is -0.0127. The number of nitrogens with one attached hydrogen (secondary N) is 1. The van der Waals surface area contributed by atoms with Crippen molar-refractivity contribution in [2.24, 2.45) is 22.9 Å². The molecule has 4 rings (SSSR count). The number of benzene rings is 1. The quantitative estimate of drug-likeness (QED) is 0.447. The molecule has 0 radical (unpaired) electrons. The van der Waals surface area contributed by atoms with Crippen LogP contribution in [0.15, 0.2) is 30.3 Å². The van der Waals surface area contributed by atoms with E-state index in [-0.39, 0.29) is 24.2 Å². The van der Waals surface area contributed by atoms with Gasteiger partial charge in [0.1, 0.15) is 0 Å². The predicted octanol–water partition coefficient (Wildman–Crippen LogP) is -0.655. The fraction of sp³-hybridized carbons (Fsp3) is 0.526. The van der Waals surface area contributed by atoms with Gasteiger partial charge in [-0.05, 0) is 25.0 Å². The smallest absolute Gasteiger partial charge is 0.233 e. The second-order valence-corrected chi connectivity index (χ2v) is 8.07. The Morgan fingerprint density at radius 2 is 1.14 bits per heavy atom. The lowest BCUT2D eigenvalue weighted by Crippen LogP contribution is -2.54. The lowest BCUT2D eigenvalue weighted by atomic mass is 10.0. The van der Waals surface area contributed by atoms with Crippen molar-refractivity contribution >= 4 is 23.5 Å². The molecular formula is C19H30N10. The summed E-state index contributed by atoms with van der Waals surface area (Å²) in [4.78, 5) is 18.1. The van der Waals surface area contributed by atoms with Crippen molar-refractivity contribution in [2.45, 2.75) is 37.0 Å². The SMILES string of the molecule is N[C@@H]1C[C@H](N)CN(c2nc(Nc3ccccc3)nc(N3C[C@H](N)C[C@H](N)C3)n2)C1. The van der Waals surface area contributed by atoms with Crippen molar-refractivity contribution in [3.05, 3.63) is 30.3 Å². The van der Waals surface area contributed by atoms with Crippen molar-refractivity contribution in [2.75, 3.05) is 41.3 Å². The van der Waals surface area contributed by atoms with Gasteiger partial charge in [0.15, 0.2) is 0 Å². The third-order valence-corrected chi connectivity index (χ3v) is 5.24. The van der Waals surface area contributed by atoms with Crippen LogP contribution in [0.5, 0.6) is 0 Å². The number of nitrogens with two attached hydrogens (primary N) is 4. The Morgan fingerprint density at radius 1 is 0.690 bits per heavy atom. The van der Waals surface area contributed by atoms with E-state index < -0.39 is 0 Å². The largest absolute Gasteiger partial charge is 0.338 e. The number of piperidine rings is 2. The Kier molecular flexibility index (Phi) is 5.76. The summed E-state index contributed by atoms with van der Waals surface area (Å²) in [7, 11) is 0. The normalized spacial score (nSPS) is 27.7. The fourth-order valence-corrected chi connectivity index (χ4v) is 4.03. The Hall–Kier alpha value is -2.53. The van der Waals surface area contributed by atoms with Crippen molar-refractivity contribution in [3.8, 4) is 0 Å². The highest BCUT2D eigenvalue weighted by molar-refractivity contribution is 5.56. The molecule has 0 bridgehead atoms. The van der Waals surface area contributed by atoms with Gasteiger partial charge in [-0.2, -0.15) is 15.0 Å². The highest BCUT2D eigenvalue weighted by Gasteiger charge is 2.28. The highest BCUT2D eigenvalue weighted by atomic mass is 15.4. The van der Waals surface area contributed by atoms with E-state index in [1.165, 1.54) is 0 Å². The summed E-state index contributed by atoms with van der Waals surface area (Å²) in [5, 5.41) is 3.27. The number of nitrogens with zero attached hydrogens (tertiary/aromatic N) is 5. The Labute approximate surface area is 170 Å². The molecule has 2 aliphatic heterocycles. The third kappa shape index (κ3) is 4.91. The van der Waals surface area contributed by atoms with Gasteiger partial charge in [-0.15, -0.1) is 0 Å². The maximum absolute atomic E-state index is 6.18. The molecule has 0 saturated carbocycles. The van der Waals surface area contributed by atoms with Crippen LogP contribution in [-0.2, 0) is 0 Å². The molecule has 0 unspecified atom stereocenters. The number of rotatable bonds is 4. The molecule has 0 aliphatic carbocycles. The predicted molar refractivity (Wildman–Crippen MR) is 115 cm³/mol. The molecule has 2 aromatic rings. The van der Waals surface area contributed by atoms with Crippen LogP contribution >= 0.6 is 0 Å². The number of para-hydroxylation sites is 1. The van der Waals surface area contributed by atoms with Gasteiger partial charge in [0.05, 0.1) is 0 Å². The van der Waals surface area contributed by atoms with Gasteiger partial charge >= 0.3 is 0 Å². The van der Waals surface area contributed by atoms with Gasteiger partial charge in [0, 0.05) is 56.0 Å². The van der Waals surface area contributed by atoms with Crippen LogP contribution in [0.3, 0.4) is 0 Å². The maximum Gasteiger partial charge on any atom is 0.233 e. The first-order valence-electron chi connectivity index (χ1n) is 10.1. The standard InChI is InChI=1S/C19H30N10/c20-12-6-13(21)9-28(8-12)18-25-17(24-16-4-2-1-3-5-16)26-19(27-18)29-10-14(22)7-15(23)11-29/h1-5,12-15H,6-11,20-23H2,(H,24,25,26,27)/t12-,13+,14-,15+. The molecule has 1 aromatic heterocycles. The third-order valence-electron chi connectivity index (χ3n) is 5.24. The zero-order valence-electron chi connectivity index (χ0n) is 16.5. The molecular weight excluding hydrogens is 368 g/mol. The zero-order chi connectivity index (χ0) is 20.4. The average molecular weight is 399 g/mol. The summed E-state index contributed by atoms with van der Waals surface area (Å²) < 4.78 is 0. The van der Waals surface area contributed by atoms with Crippen LogP contribution in [0.25, 0.3) is 0 Å². The monoisotopic (exact) mass is 398 g/mol. The molecule has 0 spiro atoms. The summed E-state index contributed by atoms with van der Waals surface area (Å²) in [5.41, 5.74) is 25.6. The van der Waals surface area contributed by atoms with Crippen LogP contribution in [0, 0.1) is 0 Å². The van der Waals surface area contributed by atoms with Gasteiger partial charge < -0.3 is 38.1 Å². The van der Waals surface area contributed by atoms with Crippen LogP contribution in [0.2, 0.25) is 0 Å². The molecule has 29 heavy (non-hydrogen) atoms. The first-order valence-corrected chi connectivity index (χ1v) is 10.1. The van der Waals surface area contributed by atoms with Crippen LogP contribution in [0.4, 0.5) is 23.5 Å². The molecule has 10 nitrogen and oxygen atoms in total. The van der Waals surface area contributed by atoms with E-state index in [9.17, 15) is 0 Å². The lowest BCUT2D eigenvalue weighted by Gasteiger charge is -2.37. The van der Waals surface area contributed by atoms with Crippen LogP contribution in [-0.4, -0.2) is 65.3 Å². The van der Waals surface area contributed by atoms with Gasteiger partial charge in [-0.3, -0.25) is 0 Å².